The first-order valence-corrected chi connectivity index (χ1v) is 8.41. The van der Waals surface area contributed by atoms with Gasteiger partial charge in [0.1, 0.15) is 6.04 Å². The van der Waals surface area contributed by atoms with Crippen LogP contribution in [0.3, 0.4) is 0 Å². The summed E-state index contributed by atoms with van der Waals surface area (Å²) in [7, 11) is 2.11. The van der Waals surface area contributed by atoms with Gasteiger partial charge in [0, 0.05) is 0 Å². The number of benzene rings is 1. The number of ether oxygens (including phenoxy) is 2. The van der Waals surface area contributed by atoms with Crippen molar-refractivity contribution in [2.24, 2.45) is 5.92 Å². The minimum Gasteiger partial charge on any atom is -0.469 e. The van der Waals surface area contributed by atoms with Gasteiger partial charge in [-0.25, -0.2) is 4.79 Å². The second kappa shape index (κ2) is 9.81. The molecule has 1 amide bonds. The Balaban J connectivity index is 3.11. The van der Waals surface area contributed by atoms with Crippen LogP contribution in [0, 0.1) is 5.92 Å². The zero-order valence-corrected chi connectivity index (χ0v) is 16.1. The summed E-state index contributed by atoms with van der Waals surface area (Å²) in [5.74, 6) is -3.49. The van der Waals surface area contributed by atoms with Gasteiger partial charge in [0.25, 0.3) is 0 Å². The van der Waals surface area contributed by atoms with Crippen LogP contribution in [0.5, 0.6) is 0 Å². The van der Waals surface area contributed by atoms with Crippen LogP contribution in [0.25, 0.3) is 0 Å². The van der Waals surface area contributed by atoms with Gasteiger partial charge in [0.05, 0.1) is 38.2 Å². The number of rotatable bonds is 7. The van der Waals surface area contributed by atoms with E-state index in [1.807, 2.05) is 0 Å². The molecule has 12 heteroatoms. The smallest absolute Gasteiger partial charge is 0.416 e. The van der Waals surface area contributed by atoms with E-state index in [2.05, 4.69) is 14.8 Å². The maximum absolute atomic E-state index is 12.9. The van der Waals surface area contributed by atoms with E-state index in [-0.39, 0.29) is 12.5 Å². The Morgan fingerprint density at radius 3 is 1.83 bits per heavy atom. The van der Waals surface area contributed by atoms with Crippen LogP contribution >= 0.6 is 0 Å². The zero-order valence-electron chi connectivity index (χ0n) is 16.1. The van der Waals surface area contributed by atoms with Crippen LogP contribution in [-0.2, 0) is 42.6 Å². The van der Waals surface area contributed by atoms with Crippen LogP contribution in [0.4, 0.5) is 26.3 Å². The largest absolute Gasteiger partial charge is 0.469 e. The molecule has 1 aromatic carbocycles. The number of carbonyl (C=O) groups is 3. The Labute approximate surface area is 167 Å². The summed E-state index contributed by atoms with van der Waals surface area (Å²) in [5, 5.41) is 2.18. The normalized spacial score (nSPS) is 13.9. The molecule has 0 unspecified atom stereocenters. The minimum absolute atomic E-state index is 0.0584. The number of methoxy groups -OCH3 is 2. The van der Waals surface area contributed by atoms with Crippen molar-refractivity contribution in [1.29, 1.82) is 0 Å². The summed E-state index contributed by atoms with van der Waals surface area (Å²) in [6.45, 7) is 1.41. The van der Waals surface area contributed by atoms with Crippen LogP contribution in [0.2, 0.25) is 0 Å². The molecule has 2 atom stereocenters. The van der Waals surface area contributed by atoms with Crippen molar-refractivity contribution in [2.75, 3.05) is 14.2 Å². The highest BCUT2D eigenvalue weighted by atomic mass is 19.4. The molecule has 1 N–H and O–H groups in total. The molecule has 0 aliphatic heterocycles. The monoisotopic (exact) mass is 443 g/mol. The molecule has 0 aliphatic rings. The van der Waals surface area contributed by atoms with Crippen molar-refractivity contribution in [3.8, 4) is 0 Å². The van der Waals surface area contributed by atoms with Gasteiger partial charge in [-0.3, -0.25) is 9.59 Å². The number of hydrogen-bond donors (Lipinski definition) is 1. The average molecular weight is 443 g/mol. The molecular formula is C18H19F6NO5. The van der Waals surface area contributed by atoms with E-state index in [9.17, 15) is 40.7 Å². The van der Waals surface area contributed by atoms with Gasteiger partial charge in [-0.2, -0.15) is 26.3 Å². The fraction of sp³-hybridized carbons (Fsp3) is 0.500. The molecule has 0 fully saturated rings. The Hall–Kier alpha value is -2.79. The molecule has 0 aromatic heterocycles. The first-order chi connectivity index (χ1) is 13.7. The quantitative estimate of drug-likeness (QED) is 0.518. The second-order valence-corrected chi connectivity index (χ2v) is 6.42. The molecule has 0 heterocycles. The number of halogens is 6. The van der Waals surface area contributed by atoms with Gasteiger partial charge in [-0.1, -0.05) is 6.92 Å². The Kier molecular flexibility index (Phi) is 8.25. The summed E-state index contributed by atoms with van der Waals surface area (Å²) in [6.07, 6.45) is -11.3. The lowest BCUT2D eigenvalue weighted by atomic mass is 9.97. The average Bonchev–Trinajstić information content (AvgIpc) is 2.63. The van der Waals surface area contributed by atoms with E-state index in [4.69, 9.17) is 0 Å². The van der Waals surface area contributed by atoms with Crippen molar-refractivity contribution >= 4 is 17.8 Å². The van der Waals surface area contributed by atoms with Crippen LogP contribution in [-0.4, -0.2) is 38.1 Å². The summed E-state index contributed by atoms with van der Waals surface area (Å²) in [6, 6.07) is -0.592. The predicted molar refractivity (Wildman–Crippen MR) is 89.9 cm³/mol. The highest BCUT2D eigenvalue weighted by Gasteiger charge is 2.37. The third kappa shape index (κ3) is 7.23. The number of esters is 2. The third-order valence-electron chi connectivity index (χ3n) is 4.07. The number of carbonyl (C=O) groups excluding carboxylic acids is 3. The summed E-state index contributed by atoms with van der Waals surface area (Å²) >= 11 is 0. The Bertz CT molecular complexity index is 758. The van der Waals surface area contributed by atoms with Crippen molar-refractivity contribution in [2.45, 2.75) is 38.2 Å². The summed E-state index contributed by atoms with van der Waals surface area (Å²) in [4.78, 5) is 35.5. The third-order valence-corrected chi connectivity index (χ3v) is 4.07. The number of amides is 1. The second-order valence-electron chi connectivity index (χ2n) is 6.42. The molecule has 1 aromatic rings. The fourth-order valence-electron chi connectivity index (χ4n) is 2.56. The van der Waals surface area contributed by atoms with Crippen LogP contribution in [0.1, 0.15) is 30.0 Å². The topological polar surface area (TPSA) is 81.7 Å². The van der Waals surface area contributed by atoms with Gasteiger partial charge in [-0.15, -0.1) is 0 Å². The van der Waals surface area contributed by atoms with Gasteiger partial charge < -0.3 is 14.8 Å². The molecule has 0 saturated carbocycles. The maximum atomic E-state index is 12.9. The molecule has 6 nitrogen and oxygen atoms in total. The molecule has 0 spiro atoms. The summed E-state index contributed by atoms with van der Waals surface area (Å²) in [5.41, 5.74) is -3.69. The summed E-state index contributed by atoms with van der Waals surface area (Å²) < 4.78 is 86.5. The SMILES string of the molecule is COC(=O)C[C@@H](C)[C@@H](NC(=O)Cc1cc(C(F)(F)F)cc(C(F)(F)F)c1)C(=O)OC. The highest BCUT2D eigenvalue weighted by Crippen LogP contribution is 2.36. The van der Waals surface area contributed by atoms with E-state index in [1.54, 1.807) is 0 Å². The molecule has 0 saturated heterocycles. The predicted octanol–water partition coefficient (Wildman–Crippen LogP) is 3.12. The van der Waals surface area contributed by atoms with Crippen molar-refractivity contribution in [1.82, 2.24) is 5.32 Å². The maximum Gasteiger partial charge on any atom is 0.416 e. The fourth-order valence-corrected chi connectivity index (χ4v) is 2.56. The van der Waals surface area contributed by atoms with Crippen molar-refractivity contribution in [3.63, 3.8) is 0 Å². The minimum atomic E-state index is -5.06. The number of hydrogen-bond acceptors (Lipinski definition) is 5. The highest BCUT2D eigenvalue weighted by molar-refractivity contribution is 5.86. The molecule has 0 bridgehead atoms. The number of alkyl halides is 6. The molecule has 0 aliphatic carbocycles. The standard InChI is InChI=1S/C18H19F6NO5/c1-9(4-14(27)29-2)15(16(28)30-3)25-13(26)7-10-5-11(17(19,20)21)8-12(6-10)18(22,23)24/h5-6,8-9,15H,4,7H2,1-3H3,(H,25,26)/t9-,15-/m1/s1. The molecule has 0 radical (unpaired) electrons. The van der Waals surface area contributed by atoms with Gasteiger partial charge in [0.15, 0.2) is 0 Å². The van der Waals surface area contributed by atoms with E-state index in [1.165, 1.54) is 6.92 Å². The zero-order chi connectivity index (χ0) is 23.3. The molecule has 168 valence electrons. The van der Waals surface area contributed by atoms with E-state index < -0.39 is 65.3 Å². The van der Waals surface area contributed by atoms with Gasteiger partial charge in [-0.05, 0) is 29.7 Å². The number of nitrogens with one attached hydrogen (secondary N) is 1. The Morgan fingerprint density at radius 2 is 1.43 bits per heavy atom. The molecule has 30 heavy (non-hydrogen) atoms. The van der Waals surface area contributed by atoms with Crippen LogP contribution < -0.4 is 5.32 Å². The lowest BCUT2D eigenvalue weighted by molar-refractivity contribution is -0.148. The molecular weight excluding hydrogens is 424 g/mol. The van der Waals surface area contributed by atoms with E-state index in [0.717, 1.165) is 14.2 Å². The first kappa shape index (κ1) is 25.2. The van der Waals surface area contributed by atoms with E-state index >= 15 is 0 Å². The first-order valence-electron chi connectivity index (χ1n) is 8.41. The lowest BCUT2D eigenvalue weighted by Crippen LogP contribution is -2.47. The lowest BCUT2D eigenvalue weighted by Gasteiger charge is -2.22. The van der Waals surface area contributed by atoms with Crippen molar-refractivity contribution in [3.05, 3.63) is 34.9 Å². The van der Waals surface area contributed by atoms with E-state index in [0.29, 0.717) is 12.1 Å². The van der Waals surface area contributed by atoms with Crippen molar-refractivity contribution < 1.29 is 50.2 Å². The van der Waals surface area contributed by atoms with Gasteiger partial charge in [0.2, 0.25) is 5.91 Å². The Morgan fingerprint density at radius 1 is 0.933 bits per heavy atom. The molecule has 1 rings (SSSR count). The van der Waals surface area contributed by atoms with Crippen LogP contribution in [0.15, 0.2) is 18.2 Å². The van der Waals surface area contributed by atoms with Gasteiger partial charge >= 0.3 is 24.3 Å².